The van der Waals surface area contributed by atoms with Crippen LogP contribution < -0.4 is 0 Å². The van der Waals surface area contributed by atoms with Crippen LogP contribution in [-0.4, -0.2) is 19.8 Å². The molecule has 0 heterocycles. The molecule has 0 amide bonds. The molecule has 0 atom stereocenters. The van der Waals surface area contributed by atoms with Crippen LogP contribution in [0.5, 0.6) is 0 Å². The Bertz CT molecular complexity index is 93.9. The average Bonchev–Trinajstić information content (AvgIpc) is 1.97. The maximum absolute atomic E-state index is 5.16. The van der Waals surface area contributed by atoms with Crippen molar-refractivity contribution in [3.05, 3.63) is 0 Å². The predicted molar refractivity (Wildman–Crippen MR) is 40.5 cm³/mol. The fraction of sp³-hybridized carbons (Fsp3) is 0.750. The van der Waals surface area contributed by atoms with E-state index in [4.69, 9.17) is 11.2 Å². The van der Waals surface area contributed by atoms with Gasteiger partial charge >= 0.3 is 0 Å². The van der Waals surface area contributed by atoms with Crippen molar-refractivity contribution in [2.45, 2.75) is 19.8 Å². The monoisotopic (exact) mass is 142 g/mol. The molecule has 58 valence electrons. The van der Waals surface area contributed by atoms with Gasteiger partial charge in [0.2, 0.25) is 0 Å². The van der Waals surface area contributed by atoms with Gasteiger partial charge in [-0.05, 0) is 6.42 Å². The van der Waals surface area contributed by atoms with Gasteiger partial charge in [-0.2, -0.15) is 0 Å². The predicted octanol–water partition coefficient (Wildman–Crippen LogP) is 1.41. The zero-order chi connectivity index (χ0) is 7.66. The fourth-order valence-corrected chi connectivity index (χ4v) is 0.508. The summed E-state index contributed by atoms with van der Waals surface area (Å²) in [5, 5.41) is 0. The van der Waals surface area contributed by atoms with E-state index in [9.17, 15) is 0 Å². The summed E-state index contributed by atoms with van der Waals surface area (Å²) in [4.78, 5) is 0. The maximum Gasteiger partial charge on any atom is 0.123 e. The van der Waals surface area contributed by atoms with Crippen LogP contribution in [0.25, 0.3) is 0 Å². The third kappa shape index (κ3) is 7.32. The van der Waals surface area contributed by atoms with Gasteiger partial charge in [0, 0.05) is 6.61 Å². The van der Waals surface area contributed by atoms with Crippen LogP contribution in [0.2, 0.25) is 0 Å². The molecule has 0 aromatic heterocycles. The van der Waals surface area contributed by atoms with Crippen LogP contribution in [0, 0.1) is 12.5 Å². The first-order valence-corrected chi connectivity index (χ1v) is 3.57. The topological polar surface area (TPSA) is 18.5 Å². The molecule has 0 rings (SSSR count). The number of rotatable bonds is 6. The highest BCUT2D eigenvalue weighted by Crippen LogP contribution is 1.86. The Kier molecular flexibility index (Phi) is 7.75. The van der Waals surface area contributed by atoms with E-state index in [1.54, 1.807) is 0 Å². The minimum absolute atomic E-state index is 0.500. The van der Waals surface area contributed by atoms with Gasteiger partial charge in [0.05, 0.1) is 6.61 Å². The van der Waals surface area contributed by atoms with Gasteiger partial charge in [0.15, 0.2) is 0 Å². The van der Waals surface area contributed by atoms with Gasteiger partial charge in [-0.15, -0.1) is 0 Å². The standard InChI is InChI=1S/C8H14O2/c1-3-5-6-10-8-7-9-4-2/h2H,3,5-8H2,1H3. The summed E-state index contributed by atoms with van der Waals surface area (Å²) in [7, 11) is 0. The number of terminal acetylenes is 1. The quantitative estimate of drug-likeness (QED) is 0.412. The van der Waals surface area contributed by atoms with Gasteiger partial charge in [-0.25, -0.2) is 0 Å². The summed E-state index contributed by atoms with van der Waals surface area (Å²) in [5.41, 5.74) is 0. The summed E-state index contributed by atoms with van der Waals surface area (Å²) in [6.45, 7) is 4.04. The van der Waals surface area contributed by atoms with Gasteiger partial charge < -0.3 is 9.47 Å². The molecule has 0 unspecified atom stereocenters. The minimum atomic E-state index is 0.500. The molecule has 0 aliphatic heterocycles. The fourth-order valence-electron chi connectivity index (χ4n) is 0.508. The molecule has 0 saturated heterocycles. The molecular weight excluding hydrogens is 128 g/mol. The molecule has 0 saturated carbocycles. The highest BCUT2D eigenvalue weighted by atomic mass is 16.5. The Balaban J connectivity index is 2.72. The van der Waals surface area contributed by atoms with Crippen LogP contribution in [-0.2, 0) is 9.47 Å². The van der Waals surface area contributed by atoms with Gasteiger partial charge in [0.1, 0.15) is 12.7 Å². The lowest BCUT2D eigenvalue weighted by atomic mass is 10.4. The second-order valence-corrected chi connectivity index (χ2v) is 1.93. The summed E-state index contributed by atoms with van der Waals surface area (Å²) in [6, 6.07) is 0. The smallest absolute Gasteiger partial charge is 0.123 e. The number of hydrogen-bond acceptors (Lipinski definition) is 2. The van der Waals surface area contributed by atoms with E-state index in [2.05, 4.69) is 17.8 Å². The lowest BCUT2D eigenvalue weighted by Crippen LogP contribution is -2.02. The van der Waals surface area contributed by atoms with E-state index < -0.39 is 0 Å². The first kappa shape index (κ1) is 9.32. The molecule has 10 heavy (non-hydrogen) atoms. The third-order valence-electron chi connectivity index (χ3n) is 1.06. The van der Waals surface area contributed by atoms with Gasteiger partial charge in [-0.3, -0.25) is 0 Å². The van der Waals surface area contributed by atoms with Crippen LogP contribution in [0.4, 0.5) is 0 Å². The van der Waals surface area contributed by atoms with Gasteiger partial charge in [0.25, 0.3) is 0 Å². The molecule has 0 aromatic rings. The van der Waals surface area contributed by atoms with Crippen LogP contribution in [0.1, 0.15) is 19.8 Å². The first-order chi connectivity index (χ1) is 4.91. The van der Waals surface area contributed by atoms with Crippen molar-refractivity contribution in [3.8, 4) is 12.5 Å². The van der Waals surface area contributed by atoms with Crippen LogP contribution in [0.15, 0.2) is 0 Å². The van der Waals surface area contributed by atoms with Crippen molar-refractivity contribution in [2.75, 3.05) is 19.8 Å². The van der Waals surface area contributed by atoms with Crippen molar-refractivity contribution in [1.29, 1.82) is 0 Å². The second kappa shape index (κ2) is 8.32. The van der Waals surface area contributed by atoms with E-state index in [1.807, 2.05) is 0 Å². The minimum Gasteiger partial charge on any atom is -0.444 e. The Labute approximate surface area is 62.5 Å². The Hall–Kier alpha value is -0.680. The van der Waals surface area contributed by atoms with Crippen molar-refractivity contribution in [3.63, 3.8) is 0 Å². The molecule has 0 bridgehead atoms. The van der Waals surface area contributed by atoms with Crippen molar-refractivity contribution >= 4 is 0 Å². The van der Waals surface area contributed by atoms with E-state index in [-0.39, 0.29) is 0 Å². The van der Waals surface area contributed by atoms with Crippen molar-refractivity contribution in [1.82, 2.24) is 0 Å². The number of unbranched alkanes of at least 4 members (excludes halogenated alkanes) is 1. The van der Waals surface area contributed by atoms with E-state index in [0.717, 1.165) is 19.4 Å². The molecule has 0 aromatic carbocycles. The number of hydrogen-bond donors (Lipinski definition) is 0. The highest BCUT2D eigenvalue weighted by Gasteiger charge is 1.85. The lowest BCUT2D eigenvalue weighted by molar-refractivity contribution is 0.0892. The molecule has 2 nitrogen and oxygen atoms in total. The zero-order valence-electron chi connectivity index (χ0n) is 6.43. The molecule has 0 fully saturated rings. The lowest BCUT2D eigenvalue weighted by Gasteiger charge is -2.00. The Morgan fingerprint density at radius 1 is 1.30 bits per heavy atom. The van der Waals surface area contributed by atoms with Crippen LogP contribution >= 0.6 is 0 Å². The Morgan fingerprint density at radius 3 is 2.70 bits per heavy atom. The van der Waals surface area contributed by atoms with Crippen molar-refractivity contribution in [2.24, 2.45) is 0 Å². The van der Waals surface area contributed by atoms with Gasteiger partial charge in [-0.1, -0.05) is 19.8 Å². The first-order valence-electron chi connectivity index (χ1n) is 3.57. The molecule has 0 spiro atoms. The average molecular weight is 142 g/mol. The normalized spacial score (nSPS) is 8.80. The second-order valence-electron chi connectivity index (χ2n) is 1.93. The SMILES string of the molecule is C#COCCOCCCC. The van der Waals surface area contributed by atoms with Crippen LogP contribution in [0.3, 0.4) is 0 Å². The maximum atomic E-state index is 5.16. The van der Waals surface area contributed by atoms with E-state index in [1.165, 1.54) is 0 Å². The summed E-state index contributed by atoms with van der Waals surface area (Å²) < 4.78 is 9.77. The Morgan fingerprint density at radius 2 is 2.10 bits per heavy atom. The highest BCUT2D eigenvalue weighted by molar-refractivity contribution is 4.67. The summed E-state index contributed by atoms with van der Waals surface area (Å²) >= 11 is 0. The summed E-state index contributed by atoms with van der Waals surface area (Å²) in [5.74, 6) is 0. The zero-order valence-corrected chi connectivity index (χ0v) is 6.43. The molecule has 2 heteroatoms. The third-order valence-corrected chi connectivity index (χ3v) is 1.06. The molecule has 0 N–H and O–H groups in total. The van der Waals surface area contributed by atoms with E-state index in [0.29, 0.717) is 13.2 Å². The largest absolute Gasteiger partial charge is 0.444 e. The summed E-state index contributed by atoms with van der Waals surface area (Å²) in [6.07, 6.45) is 9.19. The van der Waals surface area contributed by atoms with E-state index >= 15 is 0 Å². The molecule has 0 aliphatic carbocycles. The van der Waals surface area contributed by atoms with Crippen molar-refractivity contribution < 1.29 is 9.47 Å². The molecule has 0 radical (unpaired) electrons. The molecular formula is C8H14O2. The number of ether oxygens (including phenoxy) is 2. The molecule has 0 aliphatic rings.